The van der Waals surface area contributed by atoms with Gasteiger partial charge in [0.15, 0.2) is 0 Å². The zero-order valence-corrected chi connectivity index (χ0v) is 16.4. The van der Waals surface area contributed by atoms with Gasteiger partial charge in [0.25, 0.3) is 0 Å². The van der Waals surface area contributed by atoms with Crippen LogP contribution in [0.25, 0.3) is 0 Å². The first kappa shape index (κ1) is 19.1. The molecule has 1 aliphatic heterocycles. The summed E-state index contributed by atoms with van der Waals surface area (Å²) in [6, 6.07) is 11.4. The molecule has 3 aromatic rings. The highest BCUT2D eigenvalue weighted by atomic mass is 16.3. The number of aliphatic hydroxyl groups is 2. The van der Waals surface area contributed by atoms with Gasteiger partial charge in [0, 0.05) is 23.9 Å². The summed E-state index contributed by atoms with van der Waals surface area (Å²) < 4.78 is 1.69. The maximum atomic E-state index is 9.81. The minimum atomic E-state index is -0.152. The standard InChI is InChI=1S/C21H24N6O2/c1-13-7-15-8-16(10-28)17(11-29)9-19(15)20(14-3-5-18(22)6-4-14)25-27(13)21-23-12-24-26(21)2/h3-6,8-9,12-13,28-29H,7,10-11,22H2,1-2H3. The summed E-state index contributed by atoms with van der Waals surface area (Å²) in [5, 5.41) is 30.6. The zero-order chi connectivity index (χ0) is 20.5. The molecule has 0 saturated carbocycles. The highest BCUT2D eigenvalue weighted by molar-refractivity contribution is 6.14. The molecule has 1 atom stereocenters. The lowest BCUT2D eigenvalue weighted by Crippen LogP contribution is -2.31. The Bertz CT molecular complexity index is 1060. The van der Waals surface area contributed by atoms with Crippen molar-refractivity contribution in [2.75, 3.05) is 10.7 Å². The molecule has 8 nitrogen and oxygen atoms in total. The Kier molecular flexibility index (Phi) is 5.04. The Morgan fingerprint density at radius 1 is 1.10 bits per heavy atom. The van der Waals surface area contributed by atoms with Crippen LogP contribution >= 0.6 is 0 Å². The van der Waals surface area contributed by atoms with E-state index in [0.29, 0.717) is 23.6 Å². The zero-order valence-electron chi connectivity index (χ0n) is 16.4. The molecule has 4 N–H and O–H groups in total. The monoisotopic (exact) mass is 392 g/mol. The first-order valence-electron chi connectivity index (χ1n) is 9.46. The van der Waals surface area contributed by atoms with Gasteiger partial charge in [-0.2, -0.15) is 15.2 Å². The van der Waals surface area contributed by atoms with Gasteiger partial charge < -0.3 is 15.9 Å². The minimum absolute atomic E-state index is 0.00875. The number of aliphatic hydroxyl groups excluding tert-OH is 2. The molecule has 0 saturated heterocycles. The van der Waals surface area contributed by atoms with Crippen molar-refractivity contribution in [3.05, 3.63) is 70.5 Å². The molecular weight excluding hydrogens is 368 g/mol. The van der Waals surface area contributed by atoms with Gasteiger partial charge in [0.1, 0.15) is 6.33 Å². The average molecular weight is 392 g/mol. The van der Waals surface area contributed by atoms with E-state index in [0.717, 1.165) is 28.0 Å². The molecule has 0 aliphatic carbocycles. The third-order valence-electron chi connectivity index (χ3n) is 5.24. The van der Waals surface area contributed by atoms with Crippen molar-refractivity contribution >= 4 is 17.3 Å². The molecule has 1 aliphatic rings. The van der Waals surface area contributed by atoms with E-state index in [-0.39, 0.29) is 19.3 Å². The van der Waals surface area contributed by atoms with Crippen LogP contribution in [0, 0.1) is 0 Å². The summed E-state index contributed by atoms with van der Waals surface area (Å²) in [6.45, 7) is 1.80. The van der Waals surface area contributed by atoms with Crippen LogP contribution in [0.4, 0.5) is 11.6 Å². The lowest BCUT2D eigenvalue weighted by Gasteiger charge is -2.23. The number of nitrogens with two attached hydrogens (primary N) is 1. The van der Waals surface area contributed by atoms with Gasteiger partial charge in [0.2, 0.25) is 5.95 Å². The number of fused-ring (bicyclic) bond motifs is 1. The van der Waals surface area contributed by atoms with Crippen LogP contribution in [0.1, 0.15) is 34.7 Å². The second kappa shape index (κ2) is 7.65. The largest absolute Gasteiger partial charge is 0.399 e. The lowest BCUT2D eigenvalue weighted by atomic mass is 9.90. The van der Waals surface area contributed by atoms with E-state index >= 15 is 0 Å². The first-order valence-corrected chi connectivity index (χ1v) is 9.46. The number of hydrogen-bond donors (Lipinski definition) is 3. The molecule has 2 aromatic carbocycles. The smallest absolute Gasteiger partial charge is 0.244 e. The molecule has 0 bridgehead atoms. The topological polar surface area (TPSA) is 113 Å². The van der Waals surface area contributed by atoms with E-state index in [1.165, 1.54) is 6.33 Å². The third-order valence-corrected chi connectivity index (χ3v) is 5.24. The van der Waals surface area contributed by atoms with E-state index in [1.54, 1.807) is 4.68 Å². The number of benzene rings is 2. The first-order chi connectivity index (χ1) is 14.0. The summed E-state index contributed by atoms with van der Waals surface area (Å²) in [4.78, 5) is 4.37. The Balaban J connectivity index is 1.95. The van der Waals surface area contributed by atoms with Gasteiger partial charge in [-0.05, 0) is 48.2 Å². The molecule has 1 unspecified atom stereocenters. The summed E-state index contributed by atoms with van der Waals surface area (Å²) in [5.74, 6) is 0.642. The molecule has 29 heavy (non-hydrogen) atoms. The van der Waals surface area contributed by atoms with E-state index in [1.807, 2.05) is 48.5 Å². The van der Waals surface area contributed by atoms with Crippen LogP contribution in [-0.2, 0) is 26.7 Å². The Labute approximate surface area is 168 Å². The van der Waals surface area contributed by atoms with Crippen molar-refractivity contribution in [1.29, 1.82) is 0 Å². The summed E-state index contributed by atoms with van der Waals surface area (Å²) in [5.41, 5.74) is 11.6. The van der Waals surface area contributed by atoms with Crippen LogP contribution < -0.4 is 10.7 Å². The fourth-order valence-corrected chi connectivity index (χ4v) is 3.68. The highest BCUT2D eigenvalue weighted by Crippen LogP contribution is 2.29. The van der Waals surface area contributed by atoms with E-state index in [2.05, 4.69) is 17.0 Å². The molecule has 0 spiro atoms. The van der Waals surface area contributed by atoms with Crippen LogP contribution in [-0.4, -0.2) is 36.7 Å². The van der Waals surface area contributed by atoms with Crippen LogP contribution in [0.2, 0.25) is 0 Å². The summed E-state index contributed by atoms with van der Waals surface area (Å²) in [7, 11) is 1.83. The molecule has 1 aromatic heterocycles. The highest BCUT2D eigenvalue weighted by Gasteiger charge is 2.27. The van der Waals surface area contributed by atoms with Gasteiger partial charge in [-0.3, -0.25) is 0 Å². The van der Waals surface area contributed by atoms with Gasteiger partial charge in [-0.25, -0.2) is 9.69 Å². The fourth-order valence-electron chi connectivity index (χ4n) is 3.68. The van der Waals surface area contributed by atoms with Crippen molar-refractivity contribution in [3.8, 4) is 0 Å². The number of hydrogen-bond acceptors (Lipinski definition) is 7. The Morgan fingerprint density at radius 3 is 2.41 bits per heavy atom. The Hall–Kier alpha value is -3.23. The van der Waals surface area contributed by atoms with Gasteiger partial charge in [-0.1, -0.05) is 18.2 Å². The molecule has 4 rings (SSSR count). The number of aromatic nitrogens is 3. The molecule has 2 heterocycles. The van der Waals surface area contributed by atoms with E-state index in [9.17, 15) is 10.2 Å². The number of nitrogens with zero attached hydrogens (tertiary/aromatic N) is 5. The molecular formula is C21H24N6O2. The van der Waals surface area contributed by atoms with Crippen molar-refractivity contribution in [2.45, 2.75) is 32.6 Å². The number of hydrazone groups is 1. The lowest BCUT2D eigenvalue weighted by molar-refractivity contribution is 0.260. The van der Waals surface area contributed by atoms with E-state index in [4.69, 9.17) is 10.8 Å². The predicted molar refractivity (Wildman–Crippen MR) is 111 cm³/mol. The fraction of sp³-hybridized carbons (Fsp3) is 0.286. The number of aryl methyl sites for hydroxylation is 1. The van der Waals surface area contributed by atoms with Crippen LogP contribution in [0.5, 0.6) is 0 Å². The van der Waals surface area contributed by atoms with Crippen molar-refractivity contribution in [1.82, 2.24) is 14.8 Å². The van der Waals surface area contributed by atoms with Crippen molar-refractivity contribution < 1.29 is 10.2 Å². The molecule has 0 radical (unpaired) electrons. The second-order valence-corrected chi connectivity index (χ2v) is 7.25. The molecule has 0 amide bonds. The molecule has 150 valence electrons. The molecule has 0 fully saturated rings. The van der Waals surface area contributed by atoms with Gasteiger partial charge in [-0.15, -0.1) is 0 Å². The average Bonchev–Trinajstić information content (AvgIpc) is 3.09. The van der Waals surface area contributed by atoms with Gasteiger partial charge >= 0.3 is 0 Å². The normalized spacial score (nSPS) is 16.3. The summed E-state index contributed by atoms with van der Waals surface area (Å²) in [6.07, 6.45) is 2.20. The third kappa shape index (κ3) is 3.48. The Morgan fingerprint density at radius 2 is 1.79 bits per heavy atom. The van der Waals surface area contributed by atoms with E-state index < -0.39 is 0 Å². The van der Waals surface area contributed by atoms with Crippen molar-refractivity contribution in [2.24, 2.45) is 12.1 Å². The number of rotatable bonds is 4. The SMILES string of the molecule is CC1Cc2cc(CO)c(CO)cc2C(c2ccc(N)cc2)=NN1c1ncnn1C. The minimum Gasteiger partial charge on any atom is -0.399 e. The number of nitrogen functional groups attached to an aromatic ring is 1. The van der Waals surface area contributed by atoms with Gasteiger partial charge in [0.05, 0.1) is 25.0 Å². The quantitative estimate of drug-likeness (QED) is 0.581. The predicted octanol–water partition coefficient (Wildman–Crippen LogP) is 1.59. The van der Waals surface area contributed by atoms with Crippen LogP contribution in [0.3, 0.4) is 0 Å². The summed E-state index contributed by atoms with van der Waals surface area (Å²) >= 11 is 0. The maximum Gasteiger partial charge on any atom is 0.244 e. The maximum absolute atomic E-state index is 9.81. The molecule has 8 heteroatoms. The number of anilines is 2. The van der Waals surface area contributed by atoms with Crippen LogP contribution in [0.15, 0.2) is 47.8 Å². The van der Waals surface area contributed by atoms with Crippen molar-refractivity contribution in [3.63, 3.8) is 0 Å². The second-order valence-electron chi connectivity index (χ2n) is 7.25.